The molecule has 2 aromatic carbocycles. The lowest BCUT2D eigenvalue weighted by atomic mass is 9.98. The first kappa shape index (κ1) is 18.7. The molecule has 0 aliphatic heterocycles. The van der Waals surface area contributed by atoms with E-state index in [1.54, 1.807) is 0 Å². The Morgan fingerprint density at radius 3 is 2.22 bits per heavy atom. The topological polar surface area (TPSA) is 84.9 Å². The molecule has 140 valence electrons. The number of aliphatic hydroxyl groups is 1. The SMILES string of the molecule is C=CCOC(=O)[C@H](CO)NC(=O)OCC1c2ccccc2-c2ccccc21. The van der Waals surface area contributed by atoms with Crippen LogP contribution in [0.15, 0.2) is 61.2 Å². The molecule has 1 aliphatic carbocycles. The summed E-state index contributed by atoms with van der Waals surface area (Å²) in [5.74, 6) is -0.825. The third-order valence-corrected chi connectivity index (χ3v) is 4.45. The Hall–Kier alpha value is -3.12. The van der Waals surface area contributed by atoms with E-state index in [2.05, 4.69) is 11.9 Å². The summed E-state index contributed by atoms with van der Waals surface area (Å²) in [7, 11) is 0. The molecular formula is C21H21NO5. The molecule has 0 bridgehead atoms. The standard InChI is InChI=1S/C21H21NO5/c1-2-11-26-20(24)19(12-23)22-21(25)27-13-18-16-9-5-3-7-14(16)15-8-4-6-10-17(15)18/h2-10,18-19,23H,1,11-13H2,(H,22,25)/t19-/m0/s1. The Labute approximate surface area is 157 Å². The predicted molar refractivity (Wildman–Crippen MR) is 100 cm³/mol. The summed E-state index contributed by atoms with van der Waals surface area (Å²) < 4.78 is 10.2. The van der Waals surface area contributed by atoms with Crippen LogP contribution in [-0.2, 0) is 14.3 Å². The van der Waals surface area contributed by atoms with Gasteiger partial charge in [0.15, 0.2) is 6.04 Å². The minimum absolute atomic E-state index is 0.00169. The average molecular weight is 367 g/mol. The van der Waals surface area contributed by atoms with Gasteiger partial charge in [0.1, 0.15) is 13.2 Å². The van der Waals surface area contributed by atoms with Gasteiger partial charge in [-0.2, -0.15) is 0 Å². The van der Waals surface area contributed by atoms with Crippen molar-refractivity contribution in [3.8, 4) is 11.1 Å². The second kappa shape index (κ2) is 8.51. The van der Waals surface area contributed by atoms with Crippen LogP contribution in [0.4, 0.5) is 4.79 Å². The quantitative estimate of drug-likeness (QED) is 0.580. The molecule has 0 heterocycles. The van der Waals surface area contributed by atoms with Crippen LogP contribution in [0, 0.1) is 0 Å². The molecular weight excluding hydrogens is 346 g/mol. The van der Waals surface area contributed by atoms with Crippen molar-refractivity contribution in [2.45, 2.75) is 12.0 Å². The zero-order valence-electron chi connectivity index (χ0n) is 14.8. The van der Waals surface area contributed by atoms with E-state index < -0.39 is 24.7 Å². The van der Waals surface area contributed by atoms with Crippen LogP contribution in [0.2, 0.25) is 0 Å². The summed E-state index contributed by atoms with van der Waals surface area (Å²) in [5, 5.41) is 11.6. The van der Waals surface area contributed by atoms with E-state index in [1.165, 1.54) is 6.08 Å². The number of fused-ring (bicyclic) bond motifs is 3. The molecule has 0 fully saturated rings. The van der Waals surface area contributed by atoms with E-state index in [-0.39, 0.29) is 19.1 Å². The van der Waals surface area contributed by atoms with E-state index in [1.807, 2.05) is 48.5 Å². The van der Waals surface area contributed by atoms with Crippen molar-refractivity contribution in [3.05, 3.63) is 72.3 Å². The lowest BCUT2D eigenvalue weighted by Crippen LogP contribution is -2.44. The third-order valence-electron chi connectivity index (χ3n) is 4.45. The number of alkyl carbamates (subject to hydrolysis) is 1. The summed E-state index contributed by atoms with van der Waals surface area (Å²) in [6.45, 7) is 2.98. The molecule has 0 spiro atoms. The predicted octanol–water partition coefficient (Wildman–Crippen LogP) is 2.62. The number of nitrogens with one attached hydrogen (secondary N) is 1. The molecule has 3 rings (SSSR count). The van der Waals surface area contributed by atoms with Crippen molar-refractivity contribution < 1.29 is 24.2 Å². The van der Waals surface area contributed by atoms with Gasteiger partial charge in [0, 0.05) is 5.92 Å². The molecule has 0 unspecified atom stereocenters. The number of hydrogen-bond acceptors (Lipinski definition) is 5. The number of carbonyl (C=O) groups is 2. The lowest BCUT2D eigenvalue weighted by molar-refractivity contribution is -0.145. The second-order valence-electron chi connectivity index (χ2n) is 6.12. The van der Waals surface area contributed by atoms with Crippen LogP contribution in [0.1, 0.15) is 17.0 Å². The van der Waals surface area contributed by atoms with Crippen molar-refractivity contribution >= 4 is 12.1 Å². The first-order chi connectivity index (χ1) is 13.2. The lowest BCUT2D eigenvalue weighted by Gasteiger charge is -2.17. The fourth-order valence-corrected chi connectivity index (χ4v) is 3.20. The molecule has 27 heavy (non-hydrogen) atoms. The Balaban J connectivity index is 1.65. The van der Waals surface area contributed by atoms with Gasteiger partial charge in [0.2, 0.25) is 0 Å². The van der Waals surface area contributed by atoms with Gasteiger partial charge in [-0.3, -0.25) is 0 Å². The Kier molecular flexibility index (Phi) is 5.88. The number of esters is 1. The largest absolute Gasteiger partial charge is 0.460 e. The summed E-state index contributed by atoms with van der Waals surface area (Å²) in [5.41, 5.74) is 4.44. The summed E-state index contributed by atoms with van der Waals surface area (Å²) in [6, 6.07) is 14.8. The van der Waals surface area contributed by atoms with Crippen LogP contribution < -0.4 is 5.32 Å². The number of ether oxygens (including phenoxy) is 2. The number of benzene rings is 2. The molecule has 1 aliphatic rings. The van der Waals surface area contributed by atoms with Crippen molar-refractivity contribution in [3.63, 3.8) is 0 Å². The molecule has 0 radical (unpaired) electrons. The number of amides is 1. The van der Waals surface area contributed by atoms with Crippen LogP contribution in [0.25, 0.3) is 11.1 Å². The maximum absolute atomic E-state index is 12.1. The van der Waals surface area contributed by atoms with Gasteiger partial charge >= 0.3 is 12.1 Å². The van der Waals surface area contributed by atoms with Gasteiger partial charge in [-0.15, -0.1) is 0 Å². The summed E-state index contributed by atoms with van der Waals surface area (Å²) in [4.78, 5) is 23.9. The first-order valence-corrected chi connectivity index (χ1v) is 8.65. The average Bonchev–Trinajstić information content (AvgIpc) is 3.02. The molecule has 1 atom stereocenters. The molecule has 1 amide bonds. The van der Waals surface area contributed by atoms with Gasteiger partial charge in [-0.25, -0.2) is 9.59 Å². The molecule has 2 aromatic rings. The van der Waals surface area contributed by atoms with Crippen molar-refractivity contribution in [2.24, 2.45) is 0 Å². The number of carbonyl (C=O) groups excluding carboxylic acids is 2. The highest BCUT2D eigenvalue weighted by Gasteiger charge is 2.29. The Morgan fingerprint density at radius 1 is 1.07 bits per heavy atom. The van der Waals surface area contributed by atoms with Gasteiger partial charge in [-0.1, -0.05) is 61.2 Å². The Morgan fingerprint density at radius 2 is 1.67 bits per heavy atom. The number of rotatable bonds is 7. The van der Waals surface area contributed by atoms with Crippen LogP contribution >= 0.6 is 0 Å². The highest BCUT2D eigenvalue weighted by atomic mass is 16.6. The van der Waals surface area contributed by atoms with Crippen molar-refractivity contribution in [2.75, 3.05) is 19.8 Å². The van der Waals surface area contributed by atoms with E-state index in [4.69, 9.17) is 9.47 Å². The molecule has 6 heteroatoms. The zero-order chi connectivity index (χ0) is 19.2. The molecule has 2 N–H and O–H groups in total. The van der Waals surface area contributed by atoms with Gasteiger partial charge in [-0.05, 0) is 22.3 Å². The normalized spacial score (nSPS) is 13.2. The second-order valence-corrected chi connectivity index (χ2v) is 6.12. The van der Waals surface area contributed by atoms with Gasteiger partial charge in [0.25, 0.3) is 0 Å². The first-order valence-electron chi connectivity index (χ1n) is 8.65. The van der Waals surface area contributed by atoms with E-state index >= 15 is 0 Å². The molecule has 0 aromatic heterocycles. The summed E-state index contributed by atoms with van der Waals surface area (Å²) in [6.07, 6.45) is 0.617. The van der Waals surface area contributed by atoms with Gasteiger partial charge < -0.3 is 19.9 Å². The zero-order valence-corrected chi connectivity index (χ0v) is 14.8. The number of hydrogen-bond donors (Lipinski definition) is 2. The fourth-order valence-electron chi connectivity index (χ4n) is 3.20. The Bertz CT molecular complexity index is 802. The van der Waals surface area contributed by atoms with Crippen LogP contribution in [0.3, 0.4) is 0 Å². The minimum Gasteiger partial charge on any atom is -0.460 e. The third kappa shape index (κ3) is 4.01. The highest BCUT2D eigenvalue weighted by molar-refractivity contribution is 5.82. The van der Waals surface area contributed by atoms with Crippen LogP contribution in [-0.4, -0.2) is 43.0 Å². The smallest absolute Gasteiger partial charge is 0.407 e. The maximum Gasteiger partial charge on any atom is 0.407 e. The maximum atomic E-state index is 12.1. The van der Waals surface area contributed by atoms with Crippen LogP contribution in [0.5, 0.6) is 0 Å². The van der Waals surface area contributed by atoms with Crippen molar-refractivity contribution in [1.29, 1.82) is 0 Å². The monoisotopic (exact) mass is 367 g/mol. The van der Waals surface area contributed by atoms with E-state index in [0.717, 1.165) is 22.3 Å². The summed E-state index contributed by atoms with van der Waals surface area (Å²) >= 11 is 0. The minimum atomic E-state index is -1.18. The molecule has 0 saturated carbocycles. The van der Waals surface area contributed by atoms with Crippen molar-refractivity contribution in [1.82, 2.24) is 5.32 Å². The highest BCUT2D eigenvalue weighted by Crippen LogP contribution is 2.44. The number of aliphatic hydroxyl groups excluding tert-OH is 1. The molecule has 6 nitrogen and oxygen atoms in total. The fraction of sp³-hybridized carbons (Fsp3) is 0.238. The van der Waals surface area contributed by atoms with E-state index in [9.17, 15) is 14.7 Å². The molecule has 0 saturated heterocycles. The van der Waals surface area contributed by atoms with E-state index in [0.29, 0.717) is 0 Å². The van der Waals surface area contributed by atoms with Gasteiger partial charge in [0.05, 0.1) is 6.61 Å².